The van der Waals surface area contributed by atoms with Crippen molar-refractivity contribution in [3.8, 4) is 0 Å². The van der Waals surface area contributed by atoms with Crippen LogP contribution in [0.1, 0.15) is 0 Å². The topological polar surface area (TPSA) is 46.6 Å². The molecule has 0 aliphatic carbocycles. The van der Waals surface area contributed by atoms with E-state index in [9.17, 15) is 14.0 Å². The number of benzene rings is 1. The molecule has 2 amide bonds. The van der Waals surface area contributed by atoms with Crippen molar-refractivity contribution in [2.45, 2.75) is 0 Å². The number of amides is 2. The Kier molecular flexibility index (Phi) is 2.89. The number of morpholine rings is 1. The minimum Gasteiger partial charge on any atom is -0.362 e. The number of hydrogen-bond acceptors (Lipinski definition) is 3. The summed E-state index contributed by atoms with van der Waals surface area (Å²) in [6.07, 6.45) is 0. The number of imide groups is 1. The van der Waals surface area contributed by atoms with Gasteiger partial charge in [0.05, 0.1) is 10.7 Å². The van der Waals surface area contributed by atoms with Crippen LogP contribution in [-0.4, -0.2) is 25.0 Å². The molecule has 1 aliphatic rings. The SMILES string of the molecule is O=C1COCC(=O)N1c1ccc(F)c(Cl)c1. The fourth-order valence-corrected chi connectivity index (χ4v) is 1.58. The van der Waals surface area contributed by atoms with Crippen LogP contribution in [0.2, 0.25) is 5.02 Å². The largest absolute Gasteiger partial charge is 0.362 e. The summed E-state index contributed by atoms with van der Waals surface area (Å²) >= 11 is 5.57. The molecule has 0 spiro atoms. The summed E-state index contributed by atoms with van der Waals surface area (Å²) in [5.41, 5.74) is 0.254. The van der Waals surface area contributed by atoms with Gasteiger partial charge in [-0.15, -0.1) is 0 Å². The van der Waals surface area contributed by atoms with Gasteiger partial charge in [0.1, 0.15) is 19.0 Å². The summed E-state index contributed by atoms with van der Waals surface area (Å²) in [5, 5.41) is -0.135. The predicted octanol–water partition coefficient (Wildman–Crippen LogP) is 1.37. The van der Waals surface area contributed by atoms with E-state index < -0.39 is 17.6 Å². The summed E-state index contributed by atoms with van der Waals surface area (Å²) in [4.78, 5) is 23.8. The molecular weight excluding hydrogens is 237 g/mol. The average molecular weight is 244 g/mol. The molecule has 0 radical (unpaired) electrons. The molecule has 0 unspecified atom stereocenters. The second kappa shape index (κ2) is 4.19. The first-order valence-corrected chi connectivity index (χ1v) is 4.86. The van der Waals surface area contributed by atoms with Crippen LogP contribution in [0.25, 0.3) is 0 Å². The Morgan fingerprint density at radius 2 is 1.88 bits per heavy atom. The van der Waals surface area contributed by atoms with Gasteiger partial charge in [0.25, 0.3) is 11.8 Å². The third kappa shape index (κ3) is 1.91. The second-order valence-corrected chi connectivity index (χ2v) is 3.62. The number of hydrogen-bond donors (Lipinski definition) is 0. The summed E-state index contributed by atoms with van der Waals surface area (Å²) in [6.45, 7) is -0.332. The zero-order valence-corrected chi connectivity index (χ0v) is 8.83. The molecule has 1 fully saturated rings. The maximum absolute atomic E-state index is 12.9. The molecule has 0 aromatic heterocycles. The van der Waals surface area contributed by atoms with Crippen molar-refractivity contribution >= 4 is 29.1 Å². The molecule has 84 valence electrons. The minimum absolute atomic E-state index is 0.135. The second-order valence-electron chi connectivity index (χ2n) is 3.21. The van der Waals surface area contributed by atoms with E-state index in [-0.39, 0.29) is 23.9 Å². The van der Waals surface area contributed by atoms with Crippen molar-refractivity contribution < 1.29 is 18.7 Å². The summed E-state index contributed by atoms with van der Waals surface area (Å²) in [6, 6.07) is 3.66. The lowest BCUT2D eigenvalue weighted by Gasteiger charge is -2.24. The van der Waals surface area contributed by atoms with Gasteiger partial charge >= 0.3 is 0 Å². The molecule has 1 aliphatic heterocycles. The molecular formula is C10H7ClFNO3. The third-order valence-corrected chi connectivity index (χ3v) is 2.40. The Hall–Kier alpha value is -1.46. The Morgan fingerprint density at radius 1 is 1.25 bits per heavy atom. The molecule has 0 N–H and O–H groups in total. The van der Waals surface area contributed by atoms with E-state index in [0.29, 0.717) is 0 Å². The highest BCUT2D eigenvalue weighted by atomic mass is 35.5. The first-order valence-electron chi connectivity index (χ1n) is 4.48. The van der Waals surface area contributed by atoms with Crippen LogP contribution < -0.4 is 4.90 Å². The van der Waals surface area contributed by atoms with Gasteiger partial charge in [-0.05, 0) is 18.2 Å². The fraction of sp³-hybridized carbons (Fsp3) is 0.200. The number of carbonyl (C=O) groups excluding carboxylic acids is 2. The molecule has 2 rings (SSSR count). The van der Waals surface area contributed by atoms with Crippen LogP contribution in [0.15, 0.2) is 18.2 Å². The van der Waals surface area contributed by atoms with Gasteiger partial charge in [-0.1, -0.05) is 11.6 Å². The number of ether oxygens (including phenoxy) is 1. The van der Waals surface area contributed by atoms with E-state index in [1.54, 1.807) is 0 Å². The minimum atomic E-state index is -0.599. The maximum atomic E-state index is 12.9. The van der Waals surface area contributed by atoms with E-state index >= 15 is 0 Å². The van der Waals surface area contributed by atoms with Crippen molar-refractivity contribution in [3.63, 3.8) is 0 Å². The standard InChI is InChI=1S/C10H7ClFNO3/c11-7-3-6(1-2-8(7)12)13-9(14)4-16-5-10(13)15/h1-3H,4-5H2. The van der Waals surface area contributed by atoms with Gasteiger partial charge in [-0.2, -0.15) is 0 Å². The highest BCUT2D eigenvalue weighted by Crippen LogP contribution is 2.23. The Morgan fingerprint density at radius 3 is 2.44 bits per heavy atom. The van der Waals surface area contributed by atoms with E-state index in [1.807, 2.05) is 0 Å². The Labute approximate surface area is 95.6 Å². The lowest BCUT2D eigenvalue weighted by Crippen LogP contribution is -2.46. The first-order chi connectivity index (χ1) is 7.59. The molecule has 16 heavy (non-hydrogen) atoms. The van der Waals surface area contributed by atoms with Crippen LogP contribution >= 0.6 is 11.6 Å². The van der Waals surface area contributed by atoms with Crippen molar-refractivity contribution in [1.29, 1.82) is 0 Å². The molecule has 1 heterocycles. The normalized spacial score (nSPS) is 16.8. The number of carbonyl (C=O) groups is 2. The van der Waals surface area contributed by atoms with Crippen molar-refractivity contribution in [2.75, 3.05) is 18.1 Å². The maximum Gasteiger partial charge on any atom is 0.259 e. The molecule has 6 heteroatoms. The molecule has 0 atom stereocenters. The zero-order valence-electron chi connectivity index (χ0n) is 8.07. The molecule has 0 bridgehead atoms. The van der Waals surface area contributed by atoms with Crippen LogP contribution in [0, 0.1) is 5.82 Å². The lowest BCUT2D eigenvalue weighted by atomic mass is 10.2. The highest BCUT2D eigenvalue weighted by Gasteiger charge is 2.28. The number of nitrogens with zero attached hydrogens (tertiary/aromatic N) is 1. The van der Waals surface area contributed by atoms with Gasteiger partial charge in [0.2, 0.25) is 0 Å². The highest BCUT2D eigenvalue weighted by molar-refractivity contribution is 6.31. The summed E-state index contributed by atoms with van der Waals surface area (Å²) in [5.74, 6) is -1.57. The number of halogens is 2. The summed E-state index contributed by atoms with van der Waals surface area (Å²) < 4.78 is 17.7. The monoisotopic (exact) mass is 243 g/mol. The van der Waals surface area contributed by atoms with Gasteiger partial charge in [-0.25, -0.2) is 9.29 Å². The fourth-order valence-electron chi connectivity index (χ4n) is 1.41. The van der Waals surface area contributed by atoms with Gasteiger partial charge in [0.15, 0.2) is 0 Å². The molecule has 1 aromatic rings. The van der Waals surface area contributed by atoms with E-state index in [4.69, 9.17) is 16.3 Å². The van der Waals surface area contributed by atoms with Crippen molar-refractivity contribution in [3.05, 3.63) is 29.0 Å². The molecule has 0 saturated carbocycles. The lowest BCUT2D eigenvalue weighted by molar-refractivity contribution is -0.138. The van der Waals surface area contributed by atoms with Crippen LogP contribution in [0.3, 0.4) is 0 Å². The predicted molar refractivity (Wildman–Crippen MR) is 54.7 cm³/mol. The molecule has 1 aromatic carbocycles. The van der Waals surface area contributed by atoms with Crippen LogP contribution in [0.4, 0.5) is 10.1 Å². The molecule has 1 saturated heterocycles. The van der Waals surface area contributed by atoms with Gasteiger partial charge in [-0.3, -0.25) is 9.59 Å². The Balaban J connectivity index is 2.38. The average Bonchev–Trinajstić information content (AvgIpc) is 2.23. The summed E-state index contributed by atoms with van der Waals surface area (Å²) in [7, 11) is 0. The van der Waals surface area contributed by atoms with E-state index in [1.165, 1.54) is 12.1 Å². The van der Waals surface area contributed by atoms with Crippen molar-refractivity contribution in [2.24, 2.45) is 0 Å². The van der Waals surface area contributed by atoms with Crippen LogP contribution in [-0.2, 0) is 14.3 Å². The van der Waals surface area contributed by atoms with Crippen molar-refractivity contribution in [1.82, 2.24) is 0 Å². The smallest absolute Gasteiger partial charge is 0.259 e. The molecule has 4 nitrogen and oxygen atoms in total. The number of rotatable bonds is 1. The zero-order chi connectivity index (χ0) is 11.7. The Bertz CT molecular complexity index is 447. The first kappa shape index (κ1) is 11.0. The van der Waals surface area contributed by atoms with E-state index in [0.717, 1.165) is 11.0 Å². The van der Waals surface area contributed by atoms with Crippen LogP contribution in [0.5, 0.6) is 0 Å². The van der Waals surface area contributed by atoms with Gasteiger partial charge < -0.3 is 4.74 Å². The quantitative estimate of drug-likeness (QED) is 0.700. The third-order valence-electron chi connectivity index (χ3n) is 2.11. The van der Waals surface area contributed by atoms with Gasteiger partial charge in [0, 0.05) is 0 Å². The number of anilines is 1. The van der Waals surface area contributed by atoms with E-state index in [2.05, 4.69) is 0 Å².